The SMILES string of the molecule is CCCCC[S+]([O-])[S+]([O-])CCCCC[S+]([O-])[S+]([O-])CCCCC. The zero-order valence-electron chi connectivity index (χ0n) is 14.5. The topological polar surface area (TPSA) is 92.2 Å². The van der Waals surface area contributed by atoms with Crippen LogP contribution in [0.2, 0.25) is 0 Å². The predicted molar refractivity (Wildman–Crippen MR) is 105 cm³/mol. The quantitative estimate of drug-likeness (QED) is 0.224. The van der Waals surface area contributed by atoms with Crippen LogP contribution in [-0.2, 0) is 40.8 Å². The fourth-order valence-corrected chi connectivity index (χ4v) is 8.08. The van der Waals surface area contributed by atoms with Gasteiger partial charge in [0, 0.05) is 0 Å². The molecule has 0 heterocycles. The van der Waals surface area contributed by atoms with Crippen LogP contribution in [0.3, 0.4) is 0 Å². The van der Waals surface area contributed by atoms with E-state index < -0.39 is 40.8 Å². The molecule has 140 valence electrons. The summed E-state index contributed by atoms with van der Waals surface area (Å²) in [5.41, 5.74) is 0. The van der Waals surface area contributed by atoms with Gasteiger partial charge in [0.15, 0.2) is 63.8 Å². The lowest BCUT2D eigenvalue weighted by atomic mass is 10.3. The normalized spacial score (nSPS) is 17.0. The van der Waals surface area contributed by atoms with Crippen molar-refractivity contribution < 1.29 is 18.2 Å². The fraction of sp³-hybridized carbons (Fsp3) is 1.00. The molecule has 0 radical (unpaired) electrons. The molecule has 0 N–H and O–H groups in total. The molecule has 0 aliphatic rings. The third-order valence-corrected chi connectivity index (χ3v) is 11.2. The summed E-state index contributed by atoms with van der Waals surface area (Å²) in [4.78, 5) is 0. The molecule has 0 fully saturated rings. The Morgan fingerprint density at radius 1 is 0.435 bits per heavy atom. The van der Waals surface area contributed by atoms with Crippen molar-refractivity contribution in [1.82, 2.24) is 0 Å². The van der Waals surface area contributed by atoms with Crippen molar-refractivity contribution in [2.45, 2.75) is 71.6 Å². The van der Waals surface area contributed by atoms with Gasteiger partial charge >= 0.3 is 0 Å². The molecule has 0 amide bonds. The minimum Gasteiger partial charge on any atom is -0.571 e. The molecule has 0 aromatic carbocycles. The Hall–Kier alpha value is 1.24. The molecule has 8 heteroatoms. The zero-order valence-corrected chi connectivity index (χ0v) is 17.7. The highest BCUT2D eigenvalue weighted by atomic mass is 33.2. The van der Waals surface area contributed by atoms with Crippen molar-refractivity contribution in [2.24, 2.45) is 0 Å². The lowest BCUT2D eigenvalue weighted by Gasteiger charge is -2.13. The average Bonchev–Trinajstić information content (AvgIpc) is 2.54. The summed E-state index contributed by atoms with van der Waals surface area (Å²) < 4.78 is 47.0. The second-order valence-corrected chi connectivity index (χ2v) is 14.0. The van der Waals surface area contributed by atoms with Crippen molar-refractivity contribution in [3.63, 3.8) is 0 Å². The van der Waals surface area contributed by atoms with Crippen LogP contribution >= 0.6 is 0 Å². The largest absolute Gasteiger partial charge is 0.571 e. The molecule has 0 aromatic heterocycles. The lowest BCUT2D eigenvalue weighted by Crippen LogP contribution is -2.23. The summed E-state index contributed by atoms with van der Waals surface area (Å²) in [5.74, 6) is 1.96. The van der Waals surface area contributed by atoms with Crippen LogP contribution in [0, 0.1) is 0 Å². The first kappa shape index (κ1) is 24.2. The van der Waals surface area contributed by atoms with Crippen LogP contribution < -0.4 is 0 Å². The van der Waals surface area contributed by atoms with Crippen molar-refractivity contribution in [2.75, 3.05) is 23.0 Å². The van der Waals surface area contributed by atoms with Gasteiger partial charge < -0.3 is 18.2 Å². The maximum absolute atomic E-state index is 11.8. The lowest BCUT2D eigenvalue weighted by molar-refractivity contribution is 0.574. The molecule has 0 spiro atoms. The molecule has 0 saturated carbocycles. The molecule has 0 saturated heterocycles. The molecule has 0 rings (SSSR count). The highest BCUT2D eigenvalue weighted by Crippen LogP contribution is 2.14. The number of unbranched alkanes of at least 4 members (excludes halogenated alkanes) is 6. The third-order valence-electron chi connectivity index (χ3n) is 3.37. The third kappa shape index (κ3) is 14.1. The van der Waals surface area contributed by atoms with E-state index in [1.807, 2.05) is 0 Å². The van der Waals surface area contributed by atoms with Crippen LogP contribution in [0.5, 0.6) is 0 Å². The Labute approximate surface area is 153 Å². The summed E-state index contributed by atoms with van der Waals surface area (Å²) in [6.45, 7) is 4.17. The van der Waals surface area contributed by atoms with E-state index in [9.17, 15) is 18.2 Å². The maximum Gasteiger partial charge on any atom is 0.170 e. The van der Waals surface area contributed by atoms with Crippen LogP contribution in [0.4, 0.5) is 0 Å². The highest BCUT2D eigenvalue weighted by Gasteiger charge is 2.25. The van der Waals surface area contributed by atoms with Gasteiger partial charge in [0.1, 0.15) is 0 Å². The minimum atomic E-state index is -1.26. The van der Waals surface area contributed by atoms with E-state index in [0.717, 1.165) is 57.8 Å². The van der Waals surface area contributed by atoms with E-state index in [1.54, 1.807) is 0 Å². The second-order valence-electron chi connectivity index (χ2n) is 5.51. The van der Waals surface area contributed by atoms with Gasteiger partial charge in [0.25, 0.3) is 0 Å². The van der Waals surface area contributed by atoms with Gasteiger partial charge in [-0.05, 0) is 44.9 Å². The van der Waals surface area contributed by atoms with Gasteiger partial charge in [-0.1, -0.05) is 26.7 Å². The highest BCUT2D eigenvalue weighted by molar-refractivity contribution is 8.67. The molecular weight excluding hydrogens is 372 g/mol. The summed E-state index contributed by atoms with van der Waals surface area (Å²) in [7, 11) is -4.98. The van der Waals surface area contributed by atoms with Crippen molar-refractivity contribution >= 4 is 40.8 Å². The molecule has 23 heavy (non-hydrogen) atoms. The molecular formula is C15H32O4S4. The Bertz CT molecular complexity index is 238. The number of rotatable bonds is 16. The monoisotopic (exact) mass is 404 g/mol. The van der Waals surface area contributed by atoms with Crippen molar-refractivity contribution in [1.29, 1.82) is 0 Å². The van der Waals surface area contributed by atoms with Gasteiger partial charge in [-0.15, -0.1) is 0 Å². The predicted octanol–water partition coefficient (Wildman–Crippen LogP) is 3.36. The smallest absolute Gasteiger partial charge is 0.170 e. The molecule has 0 bridgehead atoms. The summed E-state index contributed by atoms with van der Waals surface area (Å²) in [6, 6.07) is 0. The van der Waals surface area contributed by atoms with E-state index in [1.165, 1.54) is 0 Å². The Morgan fingerprint density at radius 2 is 0.696 bits per heavy atom. The summed E-state index contributed by atoms with van der Waals surface area (Å²) >= 11 is 0. The maximum atomic E-state index is 11.8. The second kappa shape index (κ2) is 16.7. The van der Waals surface area contributed by atoms with E-state index in [0.29, 0.717) is 23.0 Å². The molecule has 4 unspecified atom stereocenters. The van der Waals surface area contributed by atoms with E-state index in [-0.39, 0.29) is 0 Å². The van der Waals surface area contributed by atoms with E-state index in [2.05, 4.69) is 13.8 Å². The van der Waals surface area contributed by atoms with Gasteiger partial charge in [-0.3, -0.25) is 0 Å². The zero-order chi connectivity index (χ0) is 17.5. The summed E-state index contributed by atoms with van der Waals surface area (Å²) in [6.07, 6.45) is 8.21. The van der Waals surface area contributed by atoms with E-state index >= 15 is 0 Å². The molecule has 0 aliphatic carbocycles. The fourth-order valence-electron chi connectivity index (χ4n) is 1.93. The van der Waals surface area contributed by atoms with Crippen LogP contribution in [-0.4, -0.2) is 41.2 Å². The molecule has 4 atom stereocenters. The first-order chi connectivity index (χ1) is 11.0. The first-order valence-electron chi connectivity index (χ1n) is 8.57. The van der Waals surface area contributed by atoms with Gasteiger partial charge in [-0.2, -0.15) is 0 Å². The standard InChI is InChI=1S/C15H32O4S4/c1-3-5-8-12-20(16)22(18)14-10-7-11-15-23(19)21(17)13-9-6-4-2/h3-15H2,1-2H3. The van der Waals surface area contributed by atoms with Crippen LogP contribution in [0.1, 0.15) is 71.6 Å². The van der Waals surface area contributed by atoms with Gasteiger partial charge in [0.05, 0.1) is 0 Å². The Balaban J connectivity index is 3.59. The Kier molecular flexibility index (Phi) is 17.6. The molecule has 4 nitrogen and oxygen atoms in total. The first-order valence-corrected chi connectivity index (χ1v) is 14.9. The minimum absolute atomic E-state index is 0.449. The van der Waals surface area contributed by atoms with Crippen molar-refractivity contribution in [3.05, 3.63) is 0 Å². The van der Waals surface area contributed by atoms with Crippen LogP contribution in [0.15, 0.2) is 0 Å². The average molecular weight is 405 g/mol. The molecule has 0 aliphatic heterocycles. The number of hydrogen-bond donors (Lipinski definition) is 0. The number of hydrogen-bond acceptors (Lipinski definition) is 4. The Morgan fingerprint density at radius 3 is 0.957 bits per heavy atom. The van der Waals surface area contributed by atoms with Crippen molar-refractivity contribution in [3.8, 4) is 0 Å². The molecule has 0 aromatic rings. The van der Waals surface area contributed by atoms with Gasteiger partial charge in [0.2, 0.25) is 0 Å². The van der Waals surface area contributed by atoms with E-state index in [4.69, 9.17) is 0 Å². The van der Waals surface area contributed by atoms with Crippen LogP contribution in [0.25, 0.3) is 0 Å². The van der Waals surface area contributed by atoms with Gasteiger partial charge in [-0.25, -0.2) is 0 Å². The summed E-state index contributed by atoms with van der Waals surface area (Å²) in [5, 5.41) is 0.